The van der Waals surface area contributed by atoms with E-state index in [-0.39, 0.29) is 5.92 Å². The summed E-state index contributed by atoms with van der Waals surface area (Å²) in [6.07, 6.45) is 6.55. The Morgan fingerprint density at radius 2 is 1.88 bits per heavy atom. The first kappa shape index (κ1) is 17.5. The van der Waals surface area contributed by atoms with Gasteiger partial charge in [-0.2, -0.15) is 0 Å². The van der Waals surface area contributed by atoms with E-state index in [9.17, 15) is 4.79 Å². The quantitative estimate of drug-likeness (QED) is 0.829. The number of amides is 1. The van der Waals surface area contributed by atoms with Gasteiger partial charge in [0.15, 0.2) is 0 Å². The second kappa shape index (κ2) is 7.69. The zero-order valence-electron chi connectivity index (χ0n) is 15.3. The van der Waals surface area contributed by atoms with Crippen LogP contribution in [-0.4, -0.2) is 36.5 Å². The Balaban J connectivity index is 1.66. The number of hydrogen-bond acceptors (Lipinski definition) is 2. The summed E-state index contributed by atoms with van der Waals surface area (Å²) in [6, 6.07) is 11.0. The summed E-state index contributed by atoms with van der Waals surface area (Å²) >= 11 is 0. The second-order valence-corrected chi connectivity index (χ2v) is 7.61. The molecular formula is C21H32N2O. The largest absolute Gasteiger partial charge is 0.339 e. The number of carbonyl (C=O) groups excluding carboxylic acids is 1. The summed E-state index contributed by atoms with van der Waals surface area (Å²) < 4.78 is 0. The van der Waals surface area contributed by atoms with Crippen molar-refractivity contribution in [2.45, 2.75) is 58.4 Å². The van der Waals surface area contributed by atoms with Crippen molar-refractivity contribution in [3.63, 3.8) is 0 Å². The molecule has 1 aliphatic heterocycles. The van der Waals surface area contributed by atoms with Gasteiger partial charge in [0.05, 0.1) is 0 Å². The van der Waals surface area contributed by atoms with Crippen molar-refractivity contribution in [1.29, 1.82) is 0 Å². The highest BCUT2D eigenvalue weighted by molar-refractivity contribution is 5.83. The van der Waals surface area contributed by atoms with E-state index < -0.39 is 0 Å². The van der Waals surface area contributed by atoms with Crippen molar-refractivity contribution in [2.24, 2.45) is 11.3 Å². The molecule has 0 aromatic heterocycles. The van der Waals surface area contributed by atoms with Gasteiger partial charge in [0, 0.05) is 18.5 Å². The van der Waals surface area contributed by atoms with E-state index >= 15 is 0 Å². The molecule has 3 heteroatoms. The van der Waals surface area contributed by atoms with E-state index in [1.807, 2.05) is 0 Å². The molecule has 1 heterocycles. The Bertz CT molecular complexity index is 532. The number of rotatable bonds is 7. The zero-order chi connectivity index (χ0) is 17.0. The third-order valence-corrected chi connectivity index (χ3v) is 6.24. The van der Waals surface area contributed by atoms with E-state index in [0.29, 0.717) is 17.4 Å². The van der Waals surface area contributed by atoms with Crippen molar-refractivity contribution < 1.29 is 4.79 Å². The normalized spacial score (nSPS) is 21.9. The number of piperidine rings is 1. The number of benzene rings is 1. The lowest BCUT2D eigenvalue weighted by Crippen LogP contribution is -2.43. The van der Waals surface area contributed by atoms with Crippen LogP contribution in [0.2, 0.25) is 0 Å². The second-order valence-electron chi connectivity index (χ2n) is 7.61. The Morgan fingerprint density at radius 1 is 1.21 bits per heavy atom. The highest BCUT2D eigenvalue weighted by Crippen LogP contribution is 2.59. The third-order valence-electron chi connectivity index (χ3n) is 6.24. The molecule has 0 bridgehead atoms. The highest BCUT2D eigenvalue weighted by atomic mass is 16.2. The fourth-order valence-corrected chi connectivity index (χ4v) is 4.47. The molecule has 132 valence electrons. The van der Waals surface area contributed by atoms with Crippen LogP contribution in [0.1, 0.15) is 51.5 Å². The van der Waals surface area contributed by atoms with Crippen LogP contribution in [0, 0.1) is 11.3 Å². The van der Waals surface area contributed by atoms with Gasteiger partial charge in [-0.25, -0.2) is 0 Å². The predicted molar refractivity (Wildman–Crippen MR) is 98.9 cm³/mol. The summed E-state index contributed by atoms with van der Waals surface area (Å²) in [5.41, 5.74) is 1.66. The Kier molecular flexibility index (Phi) is 5.60. The molecule has 1 atom stereocenters. The average Bonchev–Trinajstić information content (AvgIpc) is 3.32. The van der Waals surface area contributed by atoms with Crippen molar-refractivity contribution in [1.82, 2.24) is 10.2 Å². The molecule has 1 N–H and O–H groups in total. The molecular weight excluding hydrogens is 296 g/mol. The maximum atomic E-state index is 13.3. The van der Waals surface area contributed by atoms with Gasteiger partial charge in [0.1, 0.15) is 0 Å². The van der Waals surface area contributed by atoms with Crippen molar-refractivity contribution in [3.8, 4) is 0 Å². The number of nitrogens with one attached hydrogen (secondary N) is 1. The van der Waals surface area contributed by atoms with Crippen LogP contribution < -0.4 is 5.32 Å². The minimum atomic E-state index is 0.288. The smallest absolute Gasteiger partial charge is 0.226 e. The molecule has 2 aliphatic rings. The maximum Gasteiger partial charge on any atom is 0.226 e. The first-order valence-electron chi connectivity index (χ1n) is 9.75. The fourth-order valence-electron chi connectivity index (χ4n) is 4.47. The van der Waals surface area contributed by atoms with E-state index in [2.05, 4.69) is 54.4 Å². The monoisotopic (exact) mass is 328 g/mol. The van der Waals surface area contributed by atoms with Gasteiger partial charge < -0.3 is 10.2 Å². The van der Waals surface area contributed by atoms with Crippen LogP contribution in [0.25, 0.3) is 0 Å². The molecule has 0 unspecified atom stereocenters. The lowest BCUT2D eigenvalue weighted by Gasteiger charge is -2.32. The third kappa shape index (κ3) is 3.66. The standard InChI is InChI=1S/C21H32N2O/c1-3-18(4-2)23(15-10-17-8-6-5-7-9-17)20(24)19-16-21(19)11-13-22-14-12-21/h5-9,18-19,22H,3-4,10-16H2,1-2H3/t19-/m0/s1. The molecule has 1 aromatic carbocycles. The first-order valence-corrected chi connectivity index (χ1v) is 9.75. The molecule has 3 nitrogen and oxygen atoms in total. The van der Waals surface area contributed by atoms with Crippen LogP contribution in [0.4, 0.5) is 0 Å². The van der Waals surface area contributed by atoms with Gasteiger partial charge in [0.2, 0.25) is 5.91 Å². The predicted octanol–water partition coefficient (Wildman–Crippen LogP) is 3.64. The Morgan fingerprint density at radius 3 is 2.50 bits per heavy atom. The fraction of sp³-hybridized carbons (Fsp3) is 0.667. The lowest BCUT2D eigenvalue weighted by molar-refractivity contribution is -0.136. The summed E-state index contributed by atoms with van der Waals surface area (Å²) in [5, 5.41) is 3.44. The molecule has 24 heavy (non-hydrogen) atoms. The molecule has 3 rings (SSSR count). The van der Waals surface area contributed by atoms with Gasteiger partial charge in [-0.05, 0) is 62.6 Å². The summed E-state index contributed by atoms with van der Waals surface area (Å²) in [6.45, 7) is 7.45. The Labute approximate surface area is 146 Å². The molecule has 1 saturated carbocycles. The van der Waals surface area contributed by atoms with E-state index in [4.69, 9.17) is 0 Å². The molecule has 1 spiro atoms. The van der Waals surface area contributed by atoms with Gasteiger partial charge in [-0.1, -0.05) is 44.2 Å². The van der Waals surface area contributed by atoms with Crippen molar-refractivity contribution in [3.05, 3.63) is 35.9 Å². The van der Waals surface area contributed by atoms with Gasteiger partial charge in [0.25, 0.3) is 0 Å². The van der Waals surface area contributed by atoms with Crippen molar-refractivity contribution in [2.75, 3.05) is 19.6 Å². The maximum absolute atomic E-state index is 13.3. The van der Waals surface area contributed by atoms with Crippen LogP contribution >= 0.6 is 0 Å². The number of hydrogen-bond donors (Lipinski definition) is 1. The molecule has 0 radical (unpaired) electrons. The molecule has 1 saturated heterocycles. The summed E-state index contributed by atoms with van der Waals surface area (Å²) in [5.74, 6) is 0.720. The van der Waals surface area contributed by atoms with Gasteiger partial charge in [-0.15, -0.1) is 0 Å². The summed E-state index contributed by atoms with van der Waals surface area (Å²) in [7, 11) is 0. The van der Waals surface area contributed by atoms with Crippen LogP contribution in [-0.2, 0) is 11.2 Å². The SMILES string of the molecule is CCC(CC)N(CCc1ccccc1)C(=O)[C@@H]1CC12CCNCC2. The molecule has 1 aromatic rings. The van der Waals surface area contributed by atoms with Gasteiger partial charge >= 0.3 is 0 Å². The molecule has 1 amide bonds. The number of nitrogens with zero attached hydrogens (tertiary/aromatic N) is 1. The van der Waals surface area contributed by atoms with Crippen LogP contribution in [0.3, 0.4) is 0 Å². The topological polar surface area (TPSA) is 32.3 Å². The number of carbonyl (C=O) groups is 1. The van der Waals surface area contributed by atoms with E-state index in [0.717, 1.165) is 45.3 Å². The minimum Gasteiger partial charge on any atom is -0.339 e. The molecule has 1 aliphatic carbocycles. The average molecular weight is 329 g/mol. The van der Waals surface area contributed by atoms with Crippen molar-refractivity contribution >= 4 is 5.91 Å². The van der Waals surface area contributed by atoms with Crippen LogP contribution in [0.5, 0.6) is 0 Å². The first-order chi connectivity index (χ1) is 11.7. The van der Waals surface area contributed by atoms with E-state index in [1.54, 1.807) is 0 Å². The zero-order valence-corrected chi connectivity index (χ0v) is 15.3. The lowest BCUT2D eigenvalue weighted by atomic mass is 9.91. The van der Waals surface area contributed by atoms with Gasteiger partial charge in [-0.3, -0.25) is 4.79 Å². The summed E-state index contributed by atoms with van der Waals surface area (Å²) in [4.78, 5) is 15.5. The Hall–Kier alpha value is -1.35. The van der Waals surface area contributed by atoms with Crippen LogP contribution in [0.15, 0.2) is 30.3 Å². The minimum absolute atomic E-state index is 0.288. The highest BCUT2D eigenvalue weighted by Gasteiger charge is 2.58. The molecule has 2 fully saturated rings. The van der Waals surface area contributed by atoms with E-state index in [1.165, 1.54) is 18.4 Å².